The maximum Gasteiger partial charge on any atom is 0.191 e. The number of aliphatic imine (C=N–C) groups is 1. The van der Waals surface area contributed by atoms with Gasteiger partial charge in [0.25, 0.3) is 0 Å². The van der Waals surface area contributed by atoms with Gasteiger partial charge in [-0.2, -0.15) is 0 Å². The van der Waals surface area contributed by atoms with Crippen LogP contribution in [-0.4, -0.2) is 43.6 Å². The van der Waals surface area contributed by atoms with E-state index >= 15 is 0 Å². The van der Waals surface area contributed by atoms with Gasteiger partial charge in [0.05, 0.1) is 6.54 Å². The van der Waals surface area contributed by atoms with Crippen molar-refractivity contribution in [3.05, 3.63) is 35.4 Å². The molecule has 0 aliphatic carbocycles. The van der Waals surface area contributed by atoms with Crippen LogP contribution in [-0.2, 0) is 6.54 Å². The molecule has 0 aromatic heterocycles. The molecule has 1 aromatic carbocycles. The average Bonchev–Trinajstić information content (AvgIpc) is 2.59. The molecule has 1 aromatic rings. The van der Waals surface area contributed by atoms with E-state index in [0.717, 1.165) is 38.1 Å². The molecule has 0 bridgehead atoms. The second-order valence-corrected chi connectivity index (χ2v) is 6.40. The van der Waals surface area contributed by atoms with E-state index in [1.54, 1.807) is 0 Å². The van der Waals surface area contributed by atoms with E-state index in [-0.39, 0.29) is 24.0 Å². The Morgan fingerprint density at radius 2 is 2.04 bits per heavy atom. The summed E-state index contributed by atoms with van der Waals surface area (Å²) in [7, 11) is 0. The summed E-state index contributed by atoms with van der Waals surface area (Å²) in [5.41, 5.74) is 2.59. The molecule has 0 amide bonds. The SMILES string of the molecule is CCNC(=NCc1ccccc1C)NCC1CCCN(CC)C1.I. The number of rotatable bonds is 6. The first kappa shape index (κ1) is 21.2. The van der Waals surface area contributed by atoms with Gasteiger partial charge in [0.2, 0.25) is 0 Å². The van der Waals surface area contributed by atoms with Crippen LogP contribution in [0.25, 0.3) is 0 Å². The van der Waals surface area contributed by atoms with E-state index in [2.05, 4.69) is 60.6 Å². The van der Waals surface area contributed by atoms with Crippen molar-refractivity contribution in [1.29, 1.82) is 0 Å². The smallest absolute Gasteiger partial charge is 0.191 e. The highest BCUT2D eigenvalue weighted by Gasteiger charge is 2.18. The molecule has 0 saturated carbocycles. The van der Waals surface area contributed by atoms with E-state index in [0.29, 0.717) is 0 Å². The number of hydrogen-bond acceptors (Lipinski definition) is 2. The van der Waals surface area contributed by atoms with Gasteiger partial charge in [-0.15, -0.1) is 24.0 Å². The lowest BCUT2D eigenvalue weighted by molar-refractivity contribution is 0.183. The van der Waals surface area contributed by atoms with Crippen LogP contribution < -0.4 is 10.6 Å². The van der Waals surface area contributed by atoms with E-state index in [1.807, 2.05) is 0 Å². The first-order valence-corrected chi connectivity index (χ1v) is 9.02. The zero-order valence-corrected chi connectivity index (χ0v) is 17.7. The molecule has 1 heterocycles. The van der Waals surface area contributed by atoms with Gasteiger partial charge in [-0.05, 0) is 56.8 Å². The molecule has 2 N–H and O–H groups in total. The summed E-state index contributed by atoms with van der Waals surface area (Å²) in [6, 6.07) is 8.46. The fourth-order valence-corrected chi connectivity index (χ4v) is 3.14. The van der Waals surface area contributed by atoms with Crippen LogP contribution in [0.15, 0.2) is 29.3 Å². The van der Waals surface area contributed by atoms with Crippen molar-refractivity contribution in [2.45, 2.75) is 40.2 Å². The Bertz CT molecular complexity index is 504. The predicted molar refractivity (Wildman–Crippen MR) is 114 cm³/mol. The van der Waals surface area contributed by atoms with E-state index in [4.69, 9.17) is 4.99 Å². The van der Waals surface area contributed by atoms with Crippen molar-refractivity contribution in [2.24, 2.45) is 10.9 Å². The Hall–Kier alpha value is -0.820. The van der Waals surface area contributed by atoms with Gasteiger partial charge in [-0.25, -0.2) is 4.99 Å². The number of benzene rings is 1. The molecule has 1 atom stereocenters. The standard InChI is InChI=1S/C19H32N4.HI/c1-4-20-19(22-14-18-11-7-6-9-16(18)3)21-13-17-10-8-12-23(5-2)15-17;/h6-7,9,11,17H,4-5,8,10,12-15H2,1-3H3,(H2,20,21,22);1H. The summed E-state index contributed by atoms with van der Waals surface area (Å²) in [6.07, 6.45) is 2.64. The number of aryl methyl sites for hydroxylation is 1. The normalized spacial score (nSPS) is 18.8. The predicted octanol–water partition coefficient (Wildman–Crippen LogP) is 3.40. The zero-order chi connectivity index (χ0) is 16.5. The van der Waals surface area contributed by atoms with Crippen molar-refractivity contribution in [2.75, 3.05) is 32.7 Å². The van der Waals surface area contributed by atoms with Gasteiger partial charge in [-0.3, -0.25) is 0 Å². The maximum atomic E-state index is 4.75. The van der Waals surface area contributed by atoms with Crippen molar-refractivity contribution in [3.8, 4) is 0 Å². The van der Waals surface area contributed by atoms with E-state index in [1.165, 1.54) is 37.1 Å². The third-order valence-corrected chi connectivity index (χ3v) is 4.62. The largest absolute Gasteiger partial charge is 0.357 e. The first-order chi connectivity index (χ1) is 11.2. The maximum absolute atomic E-state index is 4.75. The number of guanidine groups is 1. The molecule has 1 aliphatic heterocycles. The van der Waals surface area contributed by atoms with Crippen LogP contribution in [0, 0.1) is 12.8 Å². The summed E-state index contributed by atoms with van der Waals surface area (Å²) < 4.78 is 0. The summed E-state index contributed by atoms with van der Waals surface area (Å²) >= 11 is 0. The number of nitrogens with zero attached hydrogens (tertiary/aromatic N) is 2. The topological polar surface area (TPSA) is 39.7 Å². The van der Waals surface area contributed by atoms with Gasteiger partial charge < -0.3 is 15.5 Å². The van der Waals surface area contributed by atoms with Crippen molar-refractivity contribution in [3.63, 3.8) is 0 Å². The number of halogens is 1. The Balaban J connectivity index is 0.00000288. The van der Waals surface area contributed by atoms with Crippen molar-refractivity contribution in [1.82, 2.24) is 15.5 Å². The highest BCUT2D eigenvalue weighted by molar-refractivity contribution is 14.0. The fraction of sp³-hybridized carbons (Fsp3) is 0.632. The van der Waals surface area contributed by atoms with Gasteiger partial charge in [0.15, 0.2) is 5.96 Å². The highest BCUT2D eigenvalue weighted by Crippen LogP contribution is 2.15. The molecular weight excluding hydrogens is 411 g/mol. The number of likely N-dealkylation sites (tertiary alicyclic amines) is 1. The summed E-state index contributed by atoms with van der Waals surface area (Å²) in [5, 5.41) is 6.90. The average molecular weight is 444 g/mol. The number of piperidine rings is 1. The summed E-state index contributed by atoms with van der Waals surface area (Å²) in [5.74, 6) is 1.66. The van der Waals surface area contributed by atoms with E-state index in [9.17, 15) is 0 Å². The minimum absolute atomic E-state index is 0. The molecule has 1 aliphatic rings. The number of nitrogens with one attached hydrogen (secondary N) is 2. The quantitative estimate of drug-likeness (QED) is 0.402. The lowest BCUT2D eigenvalue weighted by atomic mass is 9.98. The molecule has 24 heavy (non-hydrogen) atoms. The molecule has 1 saturated heterocycles. The van der Waals surface area contributed by atoms with Crippen molar-refractivity contribution >= 4 is 29.9 Å². The molecule has 0 radical (unpaired) electrons. The molecule has 136 valence electrons. The van der Waals surface area contributed by atoms with Gasteiger partial charge in [0, 0.05) is 19.6 Å². The number of hydrogen-bond donors (Lipinski definition) is 2. The molecule has 0 spiro atoms. The van der Waals surface area contributed by atoms with E-state index < -0.39 is 0 Å². The minimum atomic E-state index is 0. The Labute approximate surface area is 164 Å². The monoisotopic (exact) mass is 444 g/mol. The third kappa shape index (κ3) is 6.97. The van der Waals surface area contributed by atoms with Crippen LogP contribution in [0.2, 0.25) is 0 Å². The second kappa shape index (κ2) is 11.7. The molecule has 2 rings (SSSR count). The fourth-order valence-electron chi connectivity index (χ4n) is 3.14. The summed E-state index contributed by atoms with van der Waals surface area (Å²) in [4.78, 5) is 7.30. The summed E-state index contributed by atoms with van der Waals surface area (Å²) in [6.45, 7) is 12.8. The van der Waals surface area contributed by atoms with Crippen LogP contribution in [0.3, 0.4) is 0 Å². The van der Waals surface area contributed by atoms with Crippen LogP contribution >= 0.6 is 24.0 Å². The molecular formula is C19H33IN4. The molecule has 1 unspecified atom stereocenters. The first-order valence-electron chi connectivity index (χ1n) is 9.02. The van der Waals surface area contributed by atoms with Crippen molar-refractivity contribution < 1.29 is 0 Å². The van der Waals surface area contributed by atoms with Crippen LogP contribution in [0.1, 0.15) is 37.8 Å². The highest BCUT2D eigenvalue weighted by atomic mass is 127. The third-order valence-electron chi connectivity index (χ3n) is 4.62. The van der Waals surface area contributed by atoms with Gasteiger partial charge in [-0.1, -0.05) is 31.2 Å². The van der Waals surface area contributed by atoms with Gasteiger partial charge in [0.1, 0.15) is 0 Å². The molecule has 5 heteroatoms. The Kier molecular flexibility index (Phi) is 10.3. The Morgan fingerprint density at radius 1 is 1.25 bits per heavy atom. The van der Waals surface area contributed by atoms with Crippen LogP contribution in [0.5, 0.6) is 0 Å². The van der Waals surface area contributed by atoms with Crippen LogP contribution in [0.4, 0.5) is 0 Å². The second-order valence-electron chi connectivity index (χ2n) is 6.40. The molecule has 1 fully saturated rings. The minimum Gasteiger partial charge on any atom is -0.357 e. The molecule has 4 nitrogen and oxygen atoms in total. The van der Waals surface area contributed by atoms with Gasteiger partial charge >= 0.3 is 0 Å². The lowest BCUT2D eigenvalue weighted by Crippen LogP contribution is -2.44. The zero-order valence-electron chi connectivity index (χ0n) is 15.3. The lowest BCUT2D eigenvalue weighted by Gasteiger charge is -2.32. The Morgan fingerprint density at radius 3 is 2.75 bits per heavy atom.